The molecule has 0 radical (unpaired) electrons. The Balaban J connectivity index is 2.04. The number of allylic oxidation sites excluding steroid dienone is 1. The van der Waals surface area contributed by atoms with E-state index in [9.17, 15) is 0 Å². The Labute approximate surface area is 113 Å². The van der Waals surface area contributed by atoms with Gasteiger partial charge in [0.05, 0.1) is 7.11 Å². The lowest BCUT2D eigenvalue weighted by molar-refractivity contribution is 0.414. The van der Waals surface area contributed by atoms with Crippen LogP contribution in [0.15, 0.2) is 42.7 Å². The Bertz CT molecular complexity index is 602. The van der Waals surface area contributed by atoms with E-state index in [1.165, 1.54) is 28.7 Å². The molecular weight excluding hydrogens is 234 g/mol. The monoisotopic (exact) mass is 251 g/mol. The fourth-order valence-electron chi connectivity index (χ4n) is 2.61. The summed E-state index contributed by atoms with van der Waals surface area (Å²) in [5.41, 5.74) is 5.36. The molecule has 2 heteroatoms. The van der Waals surface area contributed by atoms with Gasteiger partial charge in [-0.2, -0.15) is 0 Å². The zero-order chi connectivity index (χ0) is 13.1. The average Bonchev–Trinajstić information content (AvgIpc) is 2.48. The van der Waals surface area contributed by atoms with E-state index >= 15 is 0 Å². The molecule has 96 valence electrons. The summed E-state index contributed by atoms with van der Waals surface area (Å²) in [7, 11) is 1.72. The second-order valence-electron chi connectivity index (χ2n) is 4.83. The van der Waals surface area contributed by atoms with Crippen molar-refractivity contribution in [3.05, 3.63) is 59.4 Å². The minimum absolute atomic E-state index is 0.932. The second kappa shape index (κ2) is 5.27. The molecule has 0 saturated heterocycles. The van der Waals surface area contributed by atoms with Gasteiger partial charge >= 0.3 is 0 Å². The molecule has 0 bridgehead atoms. The lowest BCUT2D eigenvalue weighted by Gasteiger charge is -2.20. The van der Waals surface area contributed by atoms with Gasteiger partial charge in [0.15, 0.2) is 0 Å². The first-order chi connectivity index (χ1) is 9.36. The van der Waals surface area contributed by atoms with Crippen molar-refractivity contribution in [2.75, 3.05) is 7.11 Å². The highest BCUT2D eigenvalue weighted by molar-refractivity contribution is 5.84. The predicted molar refractivity (Wildman–Crippen MR) is 78.0 cm³/mol. The SMILES string of the molecule is COc1ccc2c(c1)/C(=C\c1ccncc1)CCC2. The minimum Gasteiger partial charge on any atom is -0.497 e. The van der Waals surface area contributed by atoms with Crippen molar-refractivity contribution < 1.29 is 4.74 Å². The lowest BCUT2D eigenvalue weighted by Crippen LogP contribution is -2.02. The summed E-state index contributed by atoms with van der Waals surface area (Å²) in [6, 6.07) is 10.5. The Kier molecular flexibility index (Phi) is 3.32. The van der Waals surface area contributed by atoms with E-state index in [1.54, 1.807) is 7.11 Å². The number of hydrogen-bond acceptors (Lipinski definition) is 2. The first-order valence-electron chi connectivity index (χ1n) is 6.65. The van der Waals surface area contributed by atoms with Gasteiger partial charge in [-0.05, 0) is 65.8 Å². The molecule has 1 aromatic heterocycles. The van der Waals surface area contributed by atoms with Crippen LogP contribution in [0.4, 0.5) is 0 Å². The van der Waals surface area contributed by atoms with Gasteiger partial charge in [-0.15, -0.1) is 0 Å². The number of nitrogens with zero attached hydrogens (tertiary/aromatic N) is 1. The van der Waals surface area contributed by atoms with Crippen molar-refractivity contribution in [1.82, 2.24) is 4.98 Å². The van der Waals surface area contributed by atoms with Crippen LogP contribution in [0.1, 0.15) is 29.5 Å². The van der Waals surface area contributed by atoms with Crippen LogP contribution in [0.5, 0.6) is 5.75 Å². The topological polar surface area (TPSA) is 22.1 Å². The van der Waals surface area contributed by atoms with Crippen molar-refractivity contribution in [2.45, 2.75) is 19.3 Å². The van der Waals surface area contributed by atoms with Gasteiger partial charge in [0.2, 0.25) is 0 Å². The van der Waals surface area contributed by atoms with Crippen LogP contribution in [0.3, 0.4) is 0 Å². The highest BCUT2D eigenvalue weighted by Crippen LogP contribution is 2.34. The van der Waals surface area contributed by atoms with Crippen LogP contribution in [0.2, 0.25) is 0 Å². The average molecular weight is 251 g/mol. The van der Waals surface area contributed by atoms with Crippen LogP contribution < -0.4 is 4.74 Å². The highest BCUT2D eigenvalue weighted by Gasteiger charge is 2.14. The number of aryl methyl sites for hydroxylation is 1. The van der Waals surface area contributed by atoms with Gasteiger partial charge in [0.1, 0.15) is 5.75 Å². The van der Waals surface area contributed by atoms with Crippen LogP contribution in [-0.2, 0) is 6.42 Å². The molecule has 2 aromatic rings. The number of fused-ring (bicyclic) bond motifs is 1. The maximum absolute atomic E-state index is 5.34. The Morgan fingerprint density at radius 3 is 2.74 bits per heavy atom. The molecule has 1 aliphatic rings. The first-order valence-corrected chi connectivity index (χ1v) is 6.65. The summed E-state index contributed by atoms with van der Waals surface area (Å²) in [6.07, 6.45) is 9.44. The van der Waals surface area contributed by atoms with Crippen LogP contribution in [-0.4, -0.2) is 12.1 Å². The second-order valence-corrected chi connectivity index (χ2v) is 4.83. The third-order valence-electron chi connectivity index (χ3n) is 3.60. The smallest absolute Gasteiger partial charge is 0.119 e. The van der Waals surface area contributed by atoms with E-state index in [1.807, 2.05) is 30.6 Å². The molecule has 19 heavy (non-hydrogen) atoms. The molecule has 0 unspecified atom stereocenters. The maximum Gasteiger partial charge on any atom is 0.119 e. The van der Waals surface area contributed by atoms with Crippen molar-refractivity contribution >= 4 is 11.6 Å². The number of benzene rings is 1. The van der Waals surface area contributed by atoms with E-state index in [0.717, 1.165) is 18.6 Å². The van der Waals surface area contributed by atoms with Crippen LogP contribution >= 0.6 is 0 Å². The van der Waals surface area contributed by atoms with E-state index in [0.29, 0.717) is 0 Å². The summed E-state index contributed by atoms with van der Waals surface area (Å²) < 4.78 is 5.34. The van der Waals surface area contributed by atoms with E-state index in [4.69, 9.17) is 4.74 Å². The third-order valence-corrected chi connectivity index (χ3v) is 3.60. The first kappa shape index (κ1) is 12.0. The van der Waals surface area contributed by atoms with Gasteiger partial charge < -0.3 is 4.74 Å². The molecule has 0 atom stereocenters. The van der Waals surface area contributed by atoms with E-state index in [2.05, 4.69) is 23.2 Å². The molecule has 0 spiro atoms. The Hall–Kier alpha value is -2.09. The van der Waals surface area contributed by atoms with E-state index < -0.39 is 0 Å². The zero-order valence-corrected chi connectivity index (χ0v) is 11.1. The van der Waals surface area contributed by atoms with Crippen LogP contribution in [0, 0.1) is 0 Å². The van der Waals surface area contributed by atoms with E-state index in [-0.39, 0.29) is 0 Å². The summed E-state index contributed by atoms with van der Waals surface area (Å²) in [5.74, 6) is 0.932. The Morgan fingerprint density at radius 2 is 1.95 bits per heavy atom. The van der Waals surface area contributed by atoms with Crippen LogP contribution in [0.25, 0.3) is 11.6 Å². The fraction of sp³-hybridized carbons (Fsp3) is 0.235. The van der Waals surface area contributed by atoms with Gasteiger partial charge in [0.25, 0.3) is 0 Å². The summed E-state index contributed by atoms with van der Waals surface area (Å²) in [6.45, 7) is 0. The molecule has 0 fully saturated rings. The van der Waals surface area contributed by atoms with Gasteiger partial charge in [-0.1, -0.05) is 12.1 Å². The molecule has 1 aliphatic carbocycles. The number of rotatable bonds is 2. The minimum atomic E-state index is 0.932. The molecule has 2 nitrogen and oxygen atoms in total. The number of ether oxygens (including phenoxy) is 1. The number of pyridine rings is 1. The molecule has 0 N–H and O–H groups in total. The molecule has 1 aromatic carbocycles. The number of aromatic nitrogens is 1. The number of hydrogen-bond donors (Lipinski definition) is 0. The van der Waals surface area contributed by atoms with Gasteiger partial charge in [0, 0.05) is 12.4 Å². The lowest BCUT2D eigenvalue weighted by atomic mass is 9.86. The standard InChI is InChI=1S/C17H17NO/c1-19-16-6-5-14-3-2-4-15(17(14)12-16)11-13-7-9-18-10-8-13/h5-12H,2-4H2,1H3/b15-11-. The summed E-state index contributed by atoms with van der Waals surface area (Å²) in [5, 5.41) is 0. The fourth-order valence-corrected chi connectivity index (χ4v) is 2.61. The van der Waals surface area contributed by atoms with Crippen molar-refractivity contribution in [1.29, 1.82) is 0 Å². The van der Waals surface area contributed by atoms with Crippen molar-refractivity contribution in [2.24, 2.45) is 0 Å². The molecule has 0 saturated carbocycles. The maximum atomic E-state index is 5.34. The van der Waals surface area contributed by atoms with Gasteiger partial charge in [-0.3, -0.25) is 4.98 Å². The number of methoxy groups -OCH3 is 1. The quantitative estimate of drug-likeness (QED) is 0.805. The van der Waals surface area contributed by atoms with Gasteiger partial charge in [-0.25, -0.2) is 0 Å². The highest BCUT2D eigenvalue weighted by atomic mass is 16.5. The Morgan fingerprint density at radius 1 is 1.11 bits per heavy atom. The van der Waals surface area contributed by atoms with Crippen molar-refractivity contribution in [3.8, 4) is 5.75 Å². The molecular formula is C17H17NO. The molecule has 0 aliphatic heterocycles. The van der Waals surface area contributed by atoms with Crippen molar-refractivity contribution in [3.63, 3.8) is 0 Å². The normalized spacial score (nSPS) is 16.2. The summed E-state index contributed by atoms with van der Waals surface area (Å²) >= 11 is 0. The zero-order valence-electron chi connectivity index (χ0n) is 11.1. The largest absolute Gasteiger partial charge is 0.497 e. The third kappa shape index (κ3) is 2.53. The molecule has 1 heterocycles. The molecule has 3 rings (SSSR count). The molecule has 0 amide bonds. The predicted octanol–water partition coefficient (Wildman–Crippen LogP) is 3.97. The summed E-state index contributed by atoms with van der Waals surface area (Å²) in [4.78, 5) is 4.06.